The van der Waals surface area contributed by atoms with E-state index in [4.69, 9.17) is 0 Å². The van der Waals surface area contributed by atoms with Gasteiger partial charge in [0.15, 0.2) is 0 Å². The molecule has 2 aromatic carbocycles. The normalized spacial score (nSPS) is 9.00. The standard InChI is InChI=1S/C6H4FI.C6H5I/c7-5-3-1-2-4-6(5)8;7-6-4-2-1-3-5-6/h1-4H;1-5H. The highest BCUT2D eigenvalue weighted by Gasteiger charge is 1.90. The van der Waals surface area contributed by atoms with E-state index in [0.29, 0.717) is 3.57 Å². The molecule has 0 saturated heterocycles. The molecule has 3 heteroatoms. The summed E-state index contributed by atoms with van der Waals surface area (Å²) in [4.78, 5) is 0. The van der Waals surface area contributed by atoms with Crippen LogP contribution in [0, 0.1) is 13.0 Å². The Kier molecular flexibility index (Phi) is 6.16. The molecule has 15 heavy (non-hydrogen) atoms. The Morgan fingerprint density at radius 1 is 0.733 bits per heavy atom. The lowest BCUT2D eigenvalue weighted by molar-refractivity contribution is 0.620. The van der Waals surface area contributed by atoms with Gasteiger partial charge >= 0.3 is 0 Å². The van der Waals surface area contributed by atoms with Gasteiger partial charge in [-0.05, 0) is 69.4 Å². The highest BCUT2D eigenvalue weighted by atomic mass is 127. The Morgan fingerprint density at radius 2 is 1.27 bits per heavy atom. The lowest BCUT2D eigenvalue weighted by Gasteiger charge is -1.87. The minimum atomic E-state index is -0.145. The number of halogens is 3. The van der Waals surface area contributed by atoms with Gasteiger partial charge in [-0.3, -0.25) is 0 Å². The smallest absolute Gasteiger partial charge is 0.136 e. The summed E-state index contributed by atoms with van der Waals surface area (Å²) in [5.41, 5.74) is 0. The zero-order valence-corrected chi connectivity index (χ0v) is 12.1. The first-order valence-electron chi connectivity index (χ1n) is 4.30. The zero-order chi connectivity index (χ0) is 11.1. The average molecular weight is 426 g/mol. The molecule has 0 radical (unpaired) electrons. The summed E-state index contributed by atoms with van der Waals surface area (Å²) in [6.45, 7) is 0. The highest BCUT2D eigenvalue weighted by molar-refractivity contribution is 14.1. The second-order valence-corrected chi connectivity index (χ2v) is 5.12. The lowest BCUT2D eigenvalue weighted by Crippen LogP contribution is -1.75. The molecule has 0 atom stereocenters. The maximum atomic E-state index is 12.3. The highest BCUT2D eigenvalue weighted by Crippen LogP contribution is 2.07. The van der Waals surface area contributed by atoms with Crippen LogP contribution >= 0.6 is 45.2 Å². The summed E-state index contributed by atoms with van der Waals surface area (Å²) in [7, 11) is 0. The van der Waals surface area contributed by atoms with Crippen molar-refractivity contribution < 1.29 is 4.39 Å². The van der Waals surface area contributed by atoms with Crippen LogP contribution in [0.25, 0.3) is 0 Å². The molecule has 0 amide bonds. The Labute approximate surface area is 116 Å². The molecular formula is C12H9FI2. The van der Waals surface area contributed by atoms with Gasteiger partial charge in [-0.15, -0.1) is 0 Å². The van der Waals surface area contributed by atoms with Crippen LogP contribution in [0.2, 0.25) is 0 Å². The van der Waals surface area contributed by atoms with E-state index in [0.717, 1.165) is 0 Å². The zero-order valence-electron chi connectivity index (χ0n) is 7.83. The van der Waals surface area contributed by atoms with Crippen LogP contribution < -0.4 is 0 Å². The minimum absolute atomic E-state index is 0.145. The van der Waals surface area contributed by atoms with Crippen molar-refractivity contribution in [3.63, 3.8) is 0 Å². The van der Waals surface area contributed by atoms with Gasteiger partial charge in [0, 0.05) is 7.14 Å². The molecule has 0 heterocycles. The van der Waals surface area contributed by atoms with Crippen LogP contribution in [0.4, 0.5) is 4.39 Å². The molecule has 0 saturated carbocycles. The first-order valence-corrected chi connectivity index (χ1v) is 6.46. The van der Waals surface area contributed by atoms with E-state index in [9.17, 15) is 4.39 Å². The SMILES string of the molecule is Fc1ccccc1I.Ic1ccccc1. The van der Waals surface area contributed by atoms with Crippen LogP contribution in [-0.2, 0) is 0 Å². The van der Waals surface area contributed by atoms with E-state index in [1.807, 2.05) is 46.9 Å². The molecule has 0 aliphatic heterocycles. The van der Waals surface area contributed by atoms with Crippen molar-refractivity contribution in [1.29, 1.82) is 0 Å². The van der Waals surface area contributed by atoms with Crippen LogP contribution in [-0.4, -0.2) is 0 Å². The molecule has 0 nitrogen and oxygen atoms in total. The molecule has 2 aromatic rings. The van der Waals surface area contributed by atoms with Gasteiger partial charge in [0.1, 0.15) is 5.82 Å². The van der Waals surface area contributed by atoms with Crippen molar-refractivity contribution in [2.75, 3.05) is 0 Å². The fourth-order valence-corrected chi connectivity index (χ4v) is 1.66. The molecule has 0 aliphatic rings. The molecule has 0 aliphatic carbocycles. The van der Waals surface area contributed by atoms with Crippen molar-refractivity contribution >= 4 is 45.2 Å². The third-order valence-corrected chi connectivity index (χ3v) is 3.15. The van der Waals surface area contributed by atoms with E-state index >= 15 is 0 Å². The molecule has 78 valence electrons. The molecule has 0 aromatic heterocycles. The van der Waals surface area contributed by atoms with Crippen LogP contribution in [0.1, 0.15) is 0 Å². The van der Waals surface area contributed by atoms with Crippen molar-refractivity contribution in [2.45, 2.75) is 0 Å². The minimum Gasteiger partial charge on any atom is -0.206 e. The van der Waals surface area contributed by atoms with E-state index in [1.165, 1.54) is 9.64 Å². The molecule has 0 unspecified atom stereocenters. The molecule has 0 fully saturated rings. The second kappa shape index (κ2) is 7.16. The Hall–Kier alpha value is -0.170. The van der Waals surface area contributed by atoms with Gasteiger partial charge in [0.2, 0.25) is 0 Å². The number of rotatable bonds is 0. The monoisotopic (exact) mass is 426 g/mol. The summed E-state index contributed by atoms with van der Waals surface area (Å²) in [6.07, 6.45) is 0. The van der Waals surface area contributed by atoms with Crippen LogP contribution in [0.5, 0.6) is 0 Å². The van der Waals surface area contributed by atoms with Gasteiger partial charge < -0.3 is 0 Å². The van der Waals surface area contributed by atoms with E-state index in [-0.39, 0.29) is 5.82 Å². The Bertz CT molecular complexity index is 380. The summed E-state index contributed by atoms with van der Waals surface area (Å²) >= 11 is 4.23. The third-order valence-electron chi connectivity index (χ3n) is 1.56. The largest absolute Gasteiger partial charge is 0.206 e. The fraction of sp³-hybridized carbons (Fsp3) is 0. The van der Waals surface area contributed by atoms with Crippen molar-refractivity contribution in [2.24, 2.45) is 0 Å². The first kappa shape index (κ1) is 12.9. The van der Waals surface area contributed by atoms with Crippen LogP contribution in [0.15, 0.2) is 54.6 Å². The topological polar surface area (TPSA) is 0 Å². The summed E-state index contributed by atoms with van der Waals surface area (Å²) in [5, 5.41) is 0. The van der Waals surface area contributed by atoms with Gasteiger partial charge in [-0.2, -0.15) is 0 Å². The van der Waals surface area contributed by atoms with Crippen LogP contribution in [0.3, 0.4) is 0 Å². The number of benzene rings is 2. The fourth-order valence-electron chi connectivity index (χ4n) is 0.854. The van der Waals surface area contributed by atoms with Gasteiger partial charge in [0.05, 0.1) is 0 Å². The molecule has 0 N–H and O–H groups in total. The molecular weight excluding hydrogens is 417 g/mol. The first-order chi connectivity index (χ1) is 7.20. The number of hydrogen-bond acceptors (Lipinski definition) is 0. The third kappa shape index (κ3) is 5.46. The van der Waals surface area contributed by atoms with Crippen molar-refractivity contribution in [1.82, 2.24) is 0 Å². The van der Waals surface area contributed by atoms with Crippen molar-refractivity contribution in [3.05, 3.63) is 67.6 Å². The predicted octanol–water partition coefficient (Wildman–Crippen LogP) is 4.72. The van der Waals surface area contributed by atoms with E-state index < -0.39 is 0 Å². The second-order valence-electron chi connectivity index (χ2n) is 2.71. The van der Waals surface area contributed by atoms with Gasteiger partial charge in [0.25, 0.3) is 0 Å². The predicted molar refractivity (Wildman–Crippen MR) is 78.3 cm³/mol. The quantitative estimate of drug-likeness (QED) is 0.536. The van der Waals surface area contributed by atoms with E-state index in [2.05, 4.69) is 34.7 Å². The molecule has 0 bridgehead atoms. The maximum absolute atomic E-state index is 12.3. The maximum Gasteiger partial charge on any atom is 0.136 e. The summed E-state index contributed by atoms with van der Waals surface area (Å²) in [5.74, 6) is -0.145. The van der Waals surface area contributed by atoms with Crippen molar-refractivity contribution in [3.8, 4) is 0 Å². The summed E-state index contributed by atoms with van der Waals surface area (Å²) < 4.78 is 14.3. The number of hydrogen-bond donors (Lipinski definition) is 0. The van der Waals surface area contributed by atoms with Gasteiger partial charge in [-0.1, -0.05) is 30.3 Å². The van der Waals surface area contributed by atoms with E-state index in [1.54, 1.807) is 12.1 Å². The lowest BCUT2D eigenvalue weighted by atomic mass is 10.4. The molecule has 2 rings (SSSR count). The average Bonchev–Trinajstić information content (AvgIpc) is 2.25. The Balaban J connectivity index is 0.000000151. The van der Waals surface area contributed by atoms with Gasteiger partial charge in [-0.25, -0.2) is 4.39 Å². The summed E-state index contributed by atoms with van der Waals surface area (Å²) in [6, 6.07) is 16.9. The molecule has 0 spiro atoms. The Morgan fingerprint density at radius 3 is 1.60 bits per heavy atom.